The van der Waals surface area contributed by atoms with Gasteiger partial charge < -0.3 is 10.2 Å². The summed E-state index contributed by atoms with van der Waals surface area (Å²) in [6.45, 7) is 2.87. The number of amides is 1. The number of rotatable bonds is 0. The maximum atomic E-state index is 13.4. The van der Waals surface area contributed by atoms with Gasteiger partial charge in [0.05, 0.1) is 16.4 Å². The molecule has 5 heteroatoms. The Labute approximate surface area is 104 Å². The van der Waals surface area contributed by atoms with Gasteiger partial charge in [0.15, 0.2) is 0 Å². The van der Waals surface area contributed by atoms with Crippen LogP contribution >= 0.6 is 11.6 Å². The van der Waals surface area contributed by atoms with Crippen LogP contribution in [0.2, 0.25) is 5.02 Å². The lowest BCUT2D eigenvalue weighted by atomic mass is 10.00. The molecule has 3 rings (SSSR count). The van der Waals surface area contributed by atoms with Crippen LogP contribution in [0.4, 0.5) is 15.8 Å². The highest BCUT2D eigenvalue weighted by molar-refractivity contribution is 6.31. The molecule has 2 heterocycles. The molecule has 0 saturated carbocycles. The molecule has 1 aromatic rings. The molecule has 0 spiro atoms. The third-order valence-corrected chi connectivity index (χ3v) is 3.86. The molecule has 2 aliphatic heterocycles. The maximum Gasteiger partial charge on any atom is 0.247 e. The third-order valence-electron chi connectivity index (χ3n) is 3.57. The molecule has 0 aliphatic carbocycles. The van der Waals surface area contributed by atoms with E-state index in [9.17, 15) is 9.18 Å². The number of fused-ring (bicyclic) bond motifs is 3. The molecule has 17 heavy (non-hydrogen) atoms. The summed E-state index contributed by atoms with van der Waals surface area (Å²) in [5, 5.41) is 2.85. The number of nitrogens with one attached hydrogen (secondary N) is 1. The molecule has 3 nitrogen and oxygen atoms in total. The molecule has 0 radical (unpaired) electrons. The van der Waals surface area contributed by atoms with Gasteiger partial charge in [0.2, 0.25) is 5.91 Å². The van der Waals surface area contributed by atoms with Gasteiger partial charge >= 0.3 is 0 Å². The van der Waals surface area contributed by atoms with E-state index >= 15 is 0 Å². The molecule has 2 unspecified atom stereocenters. The second kappa shape index (κ2) is 3.60. The summed E-state index contributed by atoms with van der Waals surface area (Å²) < 4.78 is 13.4. The average Bonchev–Trinajstić information content (AvgIpc) is 2.65. The quantitative estimate of drug-likeness (QED) is 0.772. The number of carbonyl (C=O) groups excluding carboxylic acids is 1. The van der Waals surface area contributed by atoms with E-state index in [-0.39, 0.29) is 17.0 Å². The fourth-order valence-electron chi connectivity index (χ4n) is 2.70. The van der Waals surface area contributed by atoms with Crippen LogP contribution in [0, 0.1) is 11.7 Å². The summed E-state index contributed by atoms with van der Waals surface area (Å²) >= 11 is 5.79. The number of halogens is 2. The first-order chi connectivity index (χ1) is 8.08. The van der Waals surface area contributed by atoms with Crippen LogP contribution in [0.1, 0.15) is 13.3 Å². The lowest BCUT2D eigenvalue weighted by molar-refractivity contribution is -0.118. The molecular weight excluding hydrogens is 243 g/mol. The highest BCUT2D eigenvalue weighted by Crippen LogP contribution is 2.40. The molecule has 2 aliphatic rings. The van der Waals surface area contributed by atoms with Gasteiger partial charge in [-0.3, -0.25) is 4.79 Å². The van der Waals surface area contributed by atoms with E-state index in [1.54, 1.807) is 6.07 Å². The first-order valence-corrected chi connectivity index (χ1v) is 6.02. The largest absolute Gasteiger partial charge is 0.358 e. The molecule has 0 aromatic heterocycles. The van der Waals surface area contributed by atoms with Crippen LogP contribution in [0.3, 0.4) is 0 Å². The van der Waals surface area contributed by atoms with Crippen molar-refractivity contribution in [1.29, 1.82) is 0 Å². The van der Waals surface area contributed by atoms with E-state index in [1.165, 1.54) is 6.07 Å². The monoisotopic (exact) mass is 254 g/mol. The predicted molar refractivity (Wildman–Crippen MR) is 65.0 cm³/mol. The molecule has 1 N–H and O–H groups in total. The van der Waals surface area contributed by atoms with E-state index in [2.05, 4.69) is 12.2 Å². The molecule has 1 saturated heterocycles. The lowest BCUT2D eigenvalue weighted by Gasteiger charge is -2.34. The summed E-state index contributed by atoms with van der Waals surface area (Å²) in [7, 11) is 0. The van der Waals surface area contributed by atoms with Crippen molar-refractivity contribution in [2.24, 2.45) is 5.92 Å². The Morgan fingerprint density at radius 3 is 3.06 bits per heavy atom. The van der Waals surface area contributed by atoms with Gasteiger partial charge in [0.1, 0.15) is 11.9 Å². The Bertz CT molecular complexity index is 506. The van der Waals surface area contributed by atoms with Crippen molar-refractivity contribution >= 4 is 28.9 Å². The van der Waals surface area contributed by atoms with Gasteiger partial charge in [-0.2, -0.15) is 0 Å². The molecule has 1 fully saturated rings. The van der Waals surface area contributed by atoms with Crippen LogP contribution in [-0.2, 0) is 4.79 Å². The molecule has 1 amide bonds. The van der Waals surface area contributed by atoms with Gasteiger partial charge in [0, 0.05) is 12.6 Å². The van der Waals surface area contributed by atoms with Crippen molar-refractivity contribution in [3.8, 4) is 0 Å². The fraction of sp³-hybridized carbons (Fsp3) is 0.417. The van der Waals surface area contributed by atoms with E-state index in [0.717, 1.165) is 18.7 Å². The van der Waals surface area contributed by atoms with Crippen molar-refractivity contribution in [1.82, 2.24) is 0 Å². The summed E-state index contributed by atoms with van der Waals surface area (Å²) in [6, 6.07) is 2.73. The van der Waals surface area contributed by atoms with Gasteiger partial charge in [0.25, 0.3) is 0 Å². The standard InChI is InChI=1S/C12H12ClFN2O/c1-6-2-3-16-10-4-7(13)8(14)5-9(10)15-12(17)11(6)16/h4-6,11H,2-3H2,1H3,(H,15,17). The first kappa shape index (κ1) is 10.8. The van der Waals surface area contributed by atoms with Crippen molar-refractivity contribution < 1.29 is 9.18 Å². The third kappa shape index (κ3) is 1.51. The molecular formula is C12H12ClFN2O. The van der Waals surface area contributed by atoms with Crippen molar-refractivity contribution in [3.63, 3.8) is 0 Å². The first-order valence-electron chi connectivity index (χ1n) is 5.64. The maximum absolute atomic E-state index is 13.4. The van der Waals surface area contributed by atoms with Crippen LogP contribution in [-0.4, -0.2) is 18.5 Å². The molecule has 90 valence electrons. The zero-order chi connectivity index (χ0) is 12.2. The lowest BCUT2D eigenvalue weighted by Crippen LogP contribution is -2.46. The number of nitrogens with zero attached hydrogens (tertiary/aromatic N) is 1. The Hall–Kier alpha value is -1.29. The van der Waals surface area contributed by atoms with Crippen molar-refractivity contribution in [2.75, 3.05) is 16.8 Å². The summed E-state index contributed by atoms with van der Waals surface area (Å²) in [5.74, 6) is -0.243. The molecule has 1 aromatic carbocycles. The number of benzene rings is 1. The molecule has 0 bridgehead atoms. The summed E-state index contributed by atoms with van der Waals surface area (Å²) in [5.41, 5.74) is 1.34. The predicted octanol–water partition coefficient (Wildman–Crippen LogP) is 2.65. The topological polar surface area (TPSA) is 32.3 Å². The Balaban J connectivity index is 2.12. The zero-order valence-electron chi connectivity index (χ0n) is 9.34. The van der Waals surface area contributed by atoms with E-state index in [4.69, 9.17) is 11.6 Å². The second-order valence-corrected chi connectivity index (χ2v) is 5.08. The van der Waals surface area contributed by atoms with Crippen LogP contribution in [0.15, 0.2) is 12.1 Å². The number of hydrogen-bond acceptors (Lipinski definition) is 2. The van der Waals surface area contributed by atoms with Gasteiger partial charge in [-0.05, 0) is 18.4 Å². The number of anilines is 2. The SMILES string of the molecule is CC1CCN2c3cc(Cl)c(F)cc3NC(=O)C12. The van der Waals surface area contributed by atoms with Gasteiger partial charge in [-0.1, -0.05) is 18.5 Å². The van der Waals surface area contributed by atoms with E-state index in [1.807, 2.05) is 4.90 Å². The minimum Gasteiger partial charge on any atom is -0.358 e. The summed E-state index contributed by atoms with van der Waals surface area (Å²) in [4.78, 5) is 14.0. The summed E-state index contributed by atoms with van der Waals surface area (Å²) in [6.07, 6.45) is 0.965. The van der Waals surface area contributed by atoms with Crippen molar-refractivity contribution in [2.45, 2.75) is 19.4 Å². The highest BCUT2D eigenvalue weighted by atomic mass is 35.5. The zero-order valence-corrected chi connectivity index (χ0v) is 10.1. The van der Waals surface area contributed by atoms with Crippen LogP contribution in [0.25, 0.3) is 0 Å². The normalized spacial score (nSPS) is 26.5. The van der Waals surface area contributed by atoms with Gasteiger partial charge in [-0.15, -0.1) is 0 Å². The minimum absolute atomic E-state index is 0.0516. The molecule has 2 atom stereocenters. The highest BCUT2D eigenvalue weighted by Gasteiger charge is 2.41. The Kier molecular flexibility index (Phi) is 2.30. The number of hydrogen-bond donors (Lipinski definition) is 1. The minimum atomic E-state index is -0.503. The van der Waals surface area contributed by atoms with Crippen molar-refractivity contribution in [3.05, 3.63) is 23.0 Å². The van der Waals surface area contributed by atoms with Gasteiger partial charge in [-0.25, -0.2) is 4.39 Å². The smallest absolute Gasteiger partial charge is 0.247 e. The Morgan fingerprint density at radius 1 is 1.53 bits per heavy atom. The number of carbonyl (C=O) groups is 1. The van der Waals surface area contributed by atoms with Crippen LogP contribution in [0.5, 0.6) is 0 Å². The fourth-order valence-corrected chi connectivity index (χ4v) is 2.86. The average molecular weight is 255 g/mol. The second-order valence-electron chi connectivity index (χ2n) is 4.68. The Morgan fingerprint density at radius 2 is 2.29 bits per heavy atom. The van der Waals surface area contributed by atoms with E-state index in [0.29, 0.717) is 11.6 Å². The van der Waals surface area contributed by atoms with Crippen LogP contribution < -0.4 is 10.2 Å². The van der Waals surface area contributed by atoms with E-state index < -0.39 is 5.82 Å².